The molecule has 2 fully saturated rings. The van der Waals surface area contributed by atoms with Crippen LogP contribution in [0.1, 0.15) is 38.4 Å². The summed E-state index contributed by atoms with van der Waals surface area (Å²) in [5.41, 5.74) is 7.97. The van der Waals surface area contributed by atoms with Crippen molar-refractivity contribution in [3.63, 3.8) is 0 Å². The van der Waals surface area contributed by atoms with Crippen LogP contribution in [0.2, 0.25) is 0 Å². The first-order valence-electron chi connectivity index (χ1n) is 8.64. The molecule has 2 heterocycles. The van der Waals surface area contributed by atoms with Crippen molar-refractivity contribution in [3.05, 3.63) is 35.9 Å². The zero-order chi connectivity index (χ0) is 15.4. The maximum Gasteiger partial charge on any atom is 0.0865 e. The summed E-state index contributed by atoms with van der Waals surface area (Å²) in [4.78, 5) is 0. The zero-order valence-corrected chi connectivity index (χ0v) is 13.7. The predicted octanol–water partition coefficient (Wildman–Crippen LogP) is 2.24. The first-order chi connectivity index (χ1) is 10.8. The Kier molecular flexibility index (Phi) is 5.47. The van der Waals surface area contributed by atoms with E-state index in [9.17, 15) is 0 Å². The second-order valence-electron chi connectivity index (χ2n) is 6.79. The van der Waals surface area contributed by atoms with Gasteiger partial charge in [-0.3, -0.25) is 10.9 Å². The van der Waals surface area contributed by atoms with Crippen LogP contribution in [0.25, 0.3) is 0 Å². The number of hydrogen-bond acceptors (Lipinski definition) is 4. The number of benzene rings is 1. The highest BCUT2D eigenvalue weighted by molar-refractivity contribution is 5.18. The van der Waals surface area contributed by atoms with Gasteiger partial charge in [0.25, 0.3) is 0 Å². The van der Waals surface area contributed by atoms with E-state index in [1.165, 1.54) is 18.4 Å². The van der Waals surface area contributed by atoms with Gasteiger partial charge in [0, 0.05) is 43.6 Å². The Hall–Kier alpha value is -0.940. The fourth-order valence-electron chi connectivity index (χ4n) is 3.76. The number of rotatable bonds is 5. The summed E-state index contributed by atoms with van der Waals surface area (Å²) in [5.74, 6) is 1.21. The van der Waals surface area contributed by atoms with Gasteiger partial charge in [0.05, 0.1) is 6.10 Å². The van der Waals surface area contributed by atoms with Crippen LogP contribution in [0.3, 0.4) is 0 Å². The summed E-state index contributed by atoms with van der Waals surface area (Å²) >= 11 is 0. The van der Waals surface area contributed by atoms with E-state index < -0.39 is 0 Å². The van der Waals surface area contributed by atoms with Gasteiger partial charge in [0.2, 0.25) is 0 Å². The maximum atomic E-state index is 6.08. The Labute approximate surface area is 134 Å². The minimum absolute atomic E-state index is 0.247. The third-order valence-electron chi connectivity index (χ3n) is 5.18. The molecule has 1 aromatic carbocycles. The fraction of sp³-hybridized carbons (Fsp3) is 0.667. The lowest BCUT2D eigenvalue weighted by molar-refractivity contribution is -0.0279. The molecule has 0 saturated carbocycles. The van der Waals surface area contributed by atoms with Crippen molar-refractivity contribution in [2.45, 2.75) is 44.9 Å². The number of ether oxygens (including phenoxy) is 1. The van der Waals surface area contributed by atoms with Crippen LogP contribution in [0, 0.1) is 11.8 Å². The van der Waals surface area contributed by atoms with Crippen molar-refractivity contribution in [3.8, 4) is 0 Å². The second kappa shape index (κ2) is 7.55. The molecule has 4 heteroatoms. The quantitative estimate of drug-likeness (QED) is 0.781. The first kappa shape index (κ1) is 15.9. The first-order valence-corrected chi connectivity index (χ1v) is 8.64. The van der Waals surface area contributed by atoms with Crippen LogP contribution < -0.4 is 16.2 Å². The molecule has 3 N–H and O–H groups in total. The topological polar surface area (TPSA) is 45.3 Å². The fourth-order valence-corrected chi connectivity index (χ4v) is 3.76. The lowest BCUT2D eigenvalue weighted by Crippen LogP contribution is -2.38. The van der Waals surface area contributed by atoms with Crippen molar-refractivity contribution in [2.24, 2.45) is 11.8 Å². The van der Waals surface area contributed by atoms with E-state index in [2.05, 4.69) is 60.3 Å². The molecule has 2 aliphatic rings. The standard InChI is InChI=1S/C18H29N3O/c1-13-17(14(2)21-20-13)12-19-11-16-9-6-10-22-18(16)15-7-4-3-5-8-15/h3-5,7-8,13-14,16-21H,6,9-12H2,1-2H3. The summed E-state index contributed by atoms with van der Waals surface area (Å²) in [6.07, 6.45) is 2.67. The molecular weight excluding hydrogens is 274 g/mol. The molecule has 0 amide bonds. The number of hydrazine groups is 1. The molecule has 4 nitrogen and oxygen atoms in total. The molecule has 122 valence electrons. The van der Waals surface area contributed by atoms with Gasteiger partial charge in [-0.25, -0.2) is 0 Å². The van der Waals surface area contributed by atoms with E-state index in [-0.39, 0.29) is 6.10 Å². The third-order valence-corrected chi connectivity index (χ3v) is 5.18. The van der Waals surface area contributed by atoms with Crippen LogP contribution in [-0.2, 0) is 4.74 Å². The van der Waals surface area contributed by atoms with E-state index >= 15 is 0 Å². The minimum atomic E-state index is 0.247. The molecule has 0 aromatic heterocycles. The highest BCUT2D eigenvalue weighted by Crippen LogP contribution is 2.33. The van der Waals surface area contributed by atoms with Gasteiger partial charge in [-0.15, -0.1) is 0 Å². The van der Waals surface area contributed by atoms with Crippen molar-refractivity contribution in [2.75, 3.05) is 19.7 Å². The van der Waals surface area contributed by atoms with E-state index in [4.69, 9.17) is 4.74 Å². The van der Waals surface area contributed by atoms with Gasteiger partial charge in [-0.2, -0.15) is 0 Å². The Balaban J connectivity index is 1.54. The van der Waals surface area contributed by atoms with Crippen molar-refractivity contribution in [1.29, 1.82) is 0 Å². The molecule has 4 atom stereocenters. The van der Waals surface area contributed by atoms with Gasteiger partial charge in [0.15, 0.2) is 0 Å². The number of hydrogen-bond donors (Lipinski definition) is 3. The maximum absolute atomic E-state index is 6.08. The normalized spacial score (nSPS) is 35.6. The lowest BCUT2D eigenvalue weighted by atomic mass is 9.89. The molecule has 22 heavy (non-hydrogen) atoms. The van der Waals surface area contributed by atoms with Crippen molar-refractivity contribution in [1.82, 2.24) is 16.2 Å². The number of nitrogens with one attached hydrogen (secondary N) is 3. The molecule has 0 spiro atoms. The molecule has 1 aromatic rings. The molecule has 2 aliphatic heterocycles. The van der Waals surface area contributed by atoms with E-state index in [1.54, 1.807) is 0 Å². The summed E-state index contributed by atoms with van der Waals surface area (Å²) in [6.45, 7) is 7.48. The van der Waals surface area contributed by atoms with E-state index in [0.29, 0.717) is 23.9 Å². The molecule has 0 aliphatic carbocycles. The average molecular weight is 303 g/mol. The largest absolute Gasteiger partial charge is 0.373 e. The third kappa shape index (κ3) is 3.69. The van der Waals surface area contributed by atoms with Crippen LogP contribution >= 0.6 is 0 Å². The van der Waals surface area contributed by atoms with Gasteiger partial charge in [-0.05, 0) is 32.3 Å². The molecule has 0 bridgehead atoms. The van der Waals surface area contributed by atoms with Crippen molar-refractivity contribution >= 4 is 0 Å². The molecule has 4 unspecified atom stereocenters. The molecule has 2 saturated heterocycles. The van der Waals surface area contributed by atoms with Crippen LogP contribution in [0.15, 0.2) is 30.3 Å². The second-order valence-corrected chi connectivity index (χ2v) is 6.79. The molecule has 0 radical (unpaired) electrons. The van der Waals surface area contributed by atoms with Crippen LogP contribution in [0.4, 0.5) is 0 Å². The highest BCUT2D eigenvalue weighted by atomic mass is 16.5. The Bertz CT molecular complexity index is 443. The monoisotopic (exact) mass is 303 g/mol. The molecule has 3 rings (SSSR count). The SMILES string of the molecule is CC1NNC(C)C1CNCC1CCCOC1c1ccccc1. The Morgan fingerprint density at radius 3 is 2.55 bits per heavy atom. The van der Waals surface area contributed by atoms with Crippen LogP contribution in [0.5, 0.6) is 0 Å². The Morgan fingerprint density at radius 2 is 1.82 bits per heavy atom. The predicted molar refractivity (Wildman–Crippen MR) is 89.4 cm³/mol. The van der Waals surface area contributed by atoms with Gasteiger partial charge in [0.1, 0.15) is 0 Å². The van der Waals surface area contributed by atoms with Crippen molar-refractivity contribution < 1.29 is 4.74 Å². The van der Waals surface area contributed by atoms with Gasteiger partial charge >= 0.3 is 0 Å². The molecular formula is C18H29N3O. The average Bonchev–Trinajstić information content (AvgIpc) is 2.88. The summed E-state index contributed by atoms with van der Waals surface area (Å²) in [7, 11) is 0. The summed E-state index contributed by atoms with van der Waals surface area (Å²) in [6, 6.07) is 11.7. The summed E-state index contributed by atoms with van der Waals surface area (Å²) < 4.78 is 6.08. The highest BCUT2D eigenvalue weighted by Gasteiger charge is 2.31. The van der Waals surface area contributed by atoms with E-state index in [0.717, 1.165) is 19.7 Å². The lowest BCUT2D eigenvalue weighted by Gasteiger charge is -2.33. The summed E-state index contributed by atoms with van der Waals surface area (Å²) in [5, 5.41) is 3.70. The van der Waals surface area contributed by atoms with Gasteiger partial charge in [-0.1, -0.05) is 30.3 Å². The smallest absolute Gasteiger partial charge is 0.0865 e. The van der Waals surface area contributed by atoms with Gasteiger partial charge < -0.3 is 10.1 Å². The zero-order valence-electron chi connectivity index (χ0n) is 13.7. The van der Waals surface area contributed by atoms with Crippen LogP contribution in [-0.4, -0.2) is 31.8 Å². The Morgan fingerprint density at radius 1 is 1.09 bits per heavy atom. The van der Waals surface area contributed by atoms with E-state index in [1.807, 2.05) is 0 Å². The minimum Gasteiger partial charge on any atom is -0.373 e.